The van der Waals surface area contributed by atoms with Gasteiger partial charge in [-0.3, -0.25) is 19.6 Å². The van der Waals surface area contributed by atoms with Crippen LogP contribution in [0, 0.1) is 13.8 Å². The molecule has 0 unspecified atom stereocenters. The van der Waals surface area contributed by atoms with Crippen LogP contribution in [0.3, 0.4) is 0 Å². The van der Waals surface area contributed by atoms with Crippen LogP contribution in [0.1, 0.15) is 27.3 Å². The van der Waals surface area contributed by atoms with Crippen LogP contribution in [0.4, 0.5) is 0 Å². The largest absolute Gasteiger partial charge is 0.481 e. The number of aliphatic carboxylic acids is 1. The van der Waals surface area contributed by atoms with E-state index >= 15 is 0 Å². The molecule has 8 heteroatoms. The third-order valence-corrected chi connectivity index (χ3v) is 7.61. The summed E-state index contributed by atoms with van der Waals surface area (Å²) < 4.78 is 4.85. The number of fused-ring (bicyclic) bond motifs is 1. The van der Waals surface area contributed by atoms with Crippen LogP contribution in [0.25, 0.3) is 31.9 Å². The van der Waals surface area contributed by atoms with Gasteiger partial charge < -0.3 is 9.84 Å². The molecule has 4 rings (SSSR count). The molecule has 0 amide bonds. The number of benzene rings is 1. The molecule has 0 atom stereocenters. The average molecular weight is 467 g/mol. The molecule has 3 aromatic heterocycles. The highest BCUT2D eigenvalue weighted by Crippen LogP contribution is 2.40. The number of aromatic nitrogens is 2. The summed E-state index contributed by atoms with van der Waals surface area (Å²) in [6.45, 7) is 4.93. The number of thiophene rings is 2. The molecule has 164 valence electrons. The average Bonchev–Trinajstić information content (AvgIpc) is 3.33. The normalized spacial score (nSPS) is 11.1. The Labute approximate surface area is 193 Å². The summed E-state index contributed by atoms with van der Waals surface area (Å²) in [5.74, 6) is -0.791. The number of rotatable bonds is 9. The van der Waals surface area contributed by atoms with Crippen molar-refractivity contribution in [1.82, 2.24) is 9.97 Å². The van der Waals surface area contributed by atoms with E-state index in [1.165, 1.54) is 4.88 Å². The van der Waals surface area contributed by atoms with Crippen molar-refractivity contribution in [3.8, 4) is 20.9 Å². The third-order valence-electron chi connectivity index (χ3n) is 5.36. The molecule has 0 radical (unpaired) electrons. The summed E-state index contributed by atoms with van der Waals surface area (Å²) >= 11 is 3.35. The second-order valence-electron chi connectivity index (χ2n) is 7.41. The number of carboxylic acids is 1. The molecule has 0 bridgehead atoms. The molecular formula is C24H22N2O4S2. The first-order chi connectivity index (χ1) is 15.5. The van der Waals surface area contributed by atoms with Crippen LogP contribution < -0.4 is 0 Å². The van der Waals surface area contributed by atoms with Gasteiger partial charge in [0, 0.05) is 55.9 Å². The molecule has 1 N–H and O–H groups in total. The summed E-state index contributed by atoms with van der Waals surface area (Å²) in [7, 11) is 0. The van der Waals surface area contributed by atoms with E-state index in [4.69, 9.17) is 9.84 Å². The molecule has 0 saturated carbocycles. The zero-order valence-electron chi connectivity index (χ0n) is 17.8. The fraction of sp³-hybridized carbons (Fsp3) is 0.250. The molecule has 0 aliphatic heterocycles. The molecule has 32 heavy (non-hydrogen) atoms. The highest BCUT2D eigenvalue weighted by molar-refractivity contribution is 7.16. The second kappa shape index (κ2) is 9.58. The first kappa shape index (κ1) is 22.1. The van der Waals surface area contributed by atoms with Crippen LogP contribution in [-0.4, -0.2) is 34.1 Å². The van der Waals surface area contributed by atoms with Crippen LogP contribution in [0.5, 0.6) is 0 Å². The van der Waals surface area contributed by atoms with Crippen LogP contribution in [0.2, 0.25) is 0 Å². The Balaban J connectivity index is 1.73. The molecule has 0 saturated heterocycles. The number of ether oxygens (including phenoxy) is 1. The molecule has 0 aliphatic carbocycles. The van der Waals surface area contributed by atoms with Gasteiger partial charge in [0.1, 0.15) is 0 Å². The van der Waals surface area contributed by atoms with Crippen LogP contribution in [0.15, 0.2) is 36.7 Å². The van der Waals surface area contributed by atoms with Gasteiger partial charge in [-0.15, -0.1) is 22.7 Å². The minimum Gasteiger partial charge on any atom is -0.481 e. The van der Waals surface area contributed by atoms with Gasteiger partial charge in [-0.2, -0.15) is 0 Å². The standard InChI is InChI=1S/C24H22N2O4S2/c1-14-16(3-6-22(28)29)11-20(31-14)18-4-5-19(24-23(18)25-8-9-26-24)21-12-17(15(2)32-21)7-10-30-13-27/h4-5,8-9,11-13H,3,6-7,10H2,1-2H3,(H,28,29). The predicted molar refractivity (Wildman–Crippen MR) is 127 cm³/mol. The molecule has 1 aromatic carbocycles. The number of nitrogens with zero attached hydrogens (tertiary/aromatic N) is 2. The second-order valence-corrected chi connectivity index (χ2v) is 9.92. The maximum Gasteiger partial charge on any atom is 0.303 e. The number of hydrogen-bond donors (Lipinski definition) is 1. The zero-order valence-corrected chi connectivity index (χ0v) is 19.4. The van der Waals surface area contributed by atoms with Crippen molar-refractivity contribution in [3.63, 3.8) is 0 Å². The number of carbonyl (C=O) groups is 2. The summed E-state index contributed by atoms with van der Waals surface area (Å²) in [5, 5.41) is 9.01. The van der Waals surface area contributed by atoms with Crippen LogP contribution in [-0.2, 0) is 27.2 Å². The van der Waals surface area contributed by atoms with Crippen LogP contribution >= 0.6 is 22.7 Å². The topological polar surface area (TPSA) is 89.4 Å². The molecule has 0 spiro atoms. The smallest absolute Gasteiger partial charge is 0.303 e. The number of carbonyl (C=O) groups excluding carboxylic acids is 1. The van der Waals surface area contributed by atoms with Gasteiger partial charge in [-0.25, -0.2) is 0 Å². The van der Waals surface area contributed by atoms with Crippen molar-refractivity contribution in [2.24, 2.45) is 0 Å². The van der Waals surface area contributed by atoms with Crippen molar-refractivity contribution in [2.45, 2.75) is 33.1 Å². The first-order valence-electron chi connectivity index (χ1n) is 10.2. The predicted octanol–water partition coefficient (Wildman–Crippen LogP) is 5.44. The Hall–Kier alpha value is -3.10. The minimum atomic E-state index is -0.791. The van der Waals surface area contributed by atoms with Crippen molar-refractivity contribution >= 4 is 46.1 Å². The van der Waals surface area contributed by atoms with Crippen molar-refractivity contribution in [1.29, 1.82) is 0 Å². The molecule has 0 aliphatic rings. The van der Waals surface area contributed by atoms with Gasteiger partial charge in [-0.05, 0) is 43.5 Å². The number of aryl methyl sites for hydroxylation is 3. The summed E-state index contributed by atoms with van der Waals surface area (Å²) in [4.78, 5) is 35.2. The van der Waals surface area contributed by atoms with E-state index in [1.54, 1.807) is 35.1 Å². The molecule has 0 fully saturated rings. The maximum absolute atomic E-state index is 11.0. The fourth-order valence-electron chi connectivity index (χ4n) is 3.71. The van der Waals surface area contributed by atoms with Crippen molar-refractivity contribution < 1.29 is 19.4 Å². The van der Waals surface area contributed by atoms with E-state index in [1.807, 2.05) is 6.92 Å². The minimum absolute atomic E-state index is 0.119. The third kappa shape index (κ3) is 4.56. The van der Waals surface area contributed by atoms with Gasteiger partial charge in [0.2, 0.25) is 0 Å². The van der Waals surface area contributed by atoms with Crippen molar-refractivity contribution in [3.05, 3.63) is 57.5 Å². The highest BCUT2D eigenvalue weighted by atomic mass is 32.1. The van der Waals surface area contributed by atoms with E-state index in [-0.39, 0.29) is 6.42 Å². The lowest BCUT2D eigenvalue weighted by molar-refractivity contribution is -0.137. The Morgan fingerprint density at radius 1 is 0.969 bits per heavy atom. The molecule has 4 aromatic rings. The molecule has 6 nitrogen and oxygen atoms in total. The highest BCUT2D eigenvalue weighted by Gasteiger charge is 2.17. The monoisotopic (exact) mass is 466 g/mol. The SMILES string of the molecule is Cc1sc(-c2ccc(-c3cc(CCC(=O)O)c(C)s3)c3nccnc23)cc1CCOC=O. The van der Waals surface area contributed by atoms with Gasteiger partial charge >= 0.3 is 5.97 Å². The Morgan fingerprint density at radius 3 is 2.00 bits per heavy atom. The van der Waals surface area contributed by atoms with Gasteiger partial charge in [0.05, 0.1) is 17.6 Å². The Morgan fingerprint density at radius 2 is 1.50 bits per heavy atom. The lowest BCUT2D eigenvalue weighted by atomic mass is 10.0. The van der Waals surface area contributed by atoms with Gasteiger partial charge in [-0.1, -0.05) is 12.1 Å². The molecule has 3 heterocycles. The molecular weight excluding hydrogens is 444 g/mol. The van der Waals surface area contributed by atoms with E-state index in [0.717, 1.165) is 47.9 Å². The van der Waals surface area contributed by atoms with E-state index in [0.29, 0.717) is 25.9 Å². The Kier molecular flexibility index (Phi) is 6.62. The van der Waals surface area contributed by atoms with Gasteiger partial charge in [0.25, 0.3) is 6.47 Å². The van der Waals surface area contributed by atoms with E-state index in [2.05, 4.69) is 41.2 Å². The lowest BCUT2D eigenvalue weighted by Crippen LogP contribution is -1.97. The van der Waals surface area contributed by atoms with Crippen molar-refractivity contribution in [2.75, 3.05) is 6.61 Å². The van der Waals surface area contributed by atoms with Gasteiger partial charge in [0.15, 0.2) is 0 Å². The number of hydrogen-bond acceptors (Lipinski definition) is 7. The van der Waals surface area contributed by atoms with E-state index < -0.39 is 5.97 Å². The summed E-state index contributed by atoms with van der Waals surface area (Å²) in [5.41, 5.74) is 5.90. The Bertz CT molecular complexity index is 1290. The fourth-order valence-corrected chi connectivity index (χ4v) is 5.91. The van der Waals surface area contributed by atoms with E-state index in [9.17, 15) is 9.59 Å². The zero-order chi connectivity index (χ0) is 22.7. The number of carboxylic acid groups (broad SMARTS) is 1. The summed E-state index contributed by atoms with van der Waals surface area (Å²) in [6.07, 6.45) is 4.71. The maximum atomic E-state index is 11.0. The quantitative estimate of drug-likeness (QED) is 0.261. The summed E-state index contributed by atoms with van der Waals surface area (Å²) in [6, 6.07) is 8.36. The lowest BCUT2D eigenvalue weighted by Gasteiger charge is -2.07. The first-order valence-corrected chi connectivity index (χ1v) is 11.8.